The SMILES string of the molecule is CCCc1ccc(C(NC)c2cncnc2)cc1. The molecule has 18 heavy (non-hydrogen) atoms. The van der Waals surface area contributed by atoms with Crippen LogP contribution in [0.25, 0.3) is 0 Å². The molecule has 1 aromatic carbocycles. The van der Waals surface area contributed by atoms with Crippen molar-refractivity contribution in [3.05, 3.63) is 59.7 Å². The molecule has 0 aliphatic carbocycles. The van der Waals surface area contributed by atoms with E-state index in [9.17, 15) is 0 Å². The van der Waals surface area contributed by atoms with Crippen LogP contribution < -0.4 is 5.32 Å². The quantitative estimate of drug-likeness (QED) is 0.874. The summed E-state index contributed by atoms with van der Waals surface area (Å²) in [4.78, 5) is 8.15. The number of hydrogen-bond donors (Lipinski definition) is 1. The van der Waals surface area contributed by atoms with E-state index in [1.807, 2.05) is 19.4 Å². The van der Waals surface area contributed by atoms with Crippen LogP contribution in [0.5, 0.6) is 0 Å². The predicted molar refractivity (Wildman–Crippen MR) is 73.4 cm³/mol. The van der Waals surface area contributed by atoms with E-state index < -0.39 is 0 Å². The molecular formula is C15H19N3. The summed E-state index contributed by atoms with van der Waals surface area (Å²) in [5.74, 6) is 0. The second-order valence-electron chi connectivity index (χ2n) is 4.39. The minimum absolute atomic E-state index is 0.155. The minimum atomic E-state index is 0.155. The van der Waals surface area contributed by atoms with Crippen molar-refractivity contribution in [3.8, 4) is 0 Å². The standard InChI is InChI=1S/C15H19N3/c1-3-4-12-5-7-13(8-6-12)15(16-2)14-9-17-11-18-10-14/h5-11,15-16H,3-4H2,1-2H3. The Morgan fingerprint density at radius 3 is 2.28 bits per heavy atom. The van der Waals surface area contributed by atoms with Crippen LogP contribution in [0.3, 0.4) is 0 Å². The predicted octanol–water partition coefficient (Wildman–Crippen LogP) is 2.74. The lowest BCUT2D eigenvalue weighted by molar-refractivity contribution is 0.684. The molecule has 0 saturated carbocycles. The van der Waals surface area contributed by atoms with Crippen LogP contribution in [0, 0.1) is 0 Å². The fourth-order valence-corrected chi connectivity index (χ4v) is 2.15. The fourth-order valence-electron chi connectivity index (χ4n) is 2.15. The Bertz CT molecular complexity index is 465. The maximum atomic E-state index is 4.07. The molecule has 1 N–H and O–H groups in total. The molecule has 2 rings (SSSR count). The molecule has 0 bridgehead atoms. The third kappa shape index (κ3) is 2.93. The highest BCUT2D eigenvalue weighted by molar-refractivity contribution is 5.31. The van der Waals surface area contributed by atoms with Crippen molar-refractivity contribution in [3.63, 3.8) is 0 Å². The molecule has 0 spiro atoms. The zero-order valence-corrected chi connectivity index (χ0v) is 10.9. The number of benzene rings is 1. The van der Waals surface area contributed by atoms with E-state index >= 15 is 0 Å². The Labute approximate surface area is 108 Å². The lowest BCUT2D eigenvalue weighted by Crippen LogP contribution is -2.18. The van der Waals surface area contributed by atoms with Gasteiger partial charge in [0.15, 0.2) is 0 Å². The van der Waals surface area contributed by atoms with Gasteiger partial charge in [0.2, 0.25) is 0 Å². The van der Waals surface area contributed by atoms with Crippen LogP contribution in [-0.2, 0) is 6.42 Å². The van der Waals surface area contributed by atoms with Crippen molar-refractivity contribution in [1.82, 2.24) is 15.3 Å². The molecule has 1 heterocycles. The van der Waals surface area contributed by atoms with Gasteiger partial charge >= 0.3 is 0 Å². The molecule has 94 valence electrons. The monoisotopic (exact) mass is 241 g/mol. The van der Waals surface area contributed by atoms with Crippen molar-refractivity contribution >= 4 is 0 Å². The van der Waals surface area contributed by atoms with Gasteiger partial charge in [0, 0.05) is 18.0 Å². The second-order valence-corrected chi connectivity index (χ2v) is 4.39. The highest BCUT2D eigenvalue weighted by Crippen LogP contribution is 2.20. The van der Waals surface area contributed by atoms with Crippen molar-refractivity contribution < 1.29 is 0 Å². The summed E-state index contributed by atoms with van der Waals surface area (Å²) in [5.41, 5.74) is 3.72. The summed E-state index contributed by atoms with van der Waals surface area (Å²) in [7, 11) is 1.96. The Balaban J connectivity index is 2.23. The number of hydrogen-bond acceptors (Lipinski definition) is 3. The topological polar surface area (TPSA) is 37.8 Å². The fraction of sp³-hybridized carbons (Fsp3) is 0.333. The normalized spacial score (nSPS) is 12.3. The van der Waals surface area contributed by atoms with Crippen LogP contribution in [0.2, 0.25) is 0 Å². The van der Waals surface area contributed by atoms with Crippen LogP contribution in [0.15, 0.2) is 43.0 Å². The van der Waals surface area contributed by atoms with E-state index in [1.165, 1.54) is 17.5 Å². The summed E-state index contributed by atoms with van der Waals surface area (Å²) in [6.45, 7) is 2.20. The van der Waals surface area contributed by atoms with E-state index in [1.54, 1.807) is 6.33 Å². The first-order chi connectivity index (χ1) is 8.85. The van der Waals surface area contributed by atoms with Gasteiger partial charge in [0.1, 0.15) is 6.33 Å². The Morgan fingerprint density at radius 1 is 1.06 bits per heavy atom. The van der Waals surface area contributed by atoms with Crippen LogP contribution >= 0.6 is 0 Å². The average molecular weight is 241 g/mol. The molecule has 0 radical (unpaired) electrons. The largest absolute Gasteiger partial charge is 0.309 e. The average Bonchev–Trinajstić information content (AvgIpc) is 2.43. The molecule has 1 aromatic heterocycles. The summed E-state index contributed by atoms with van der Waals surface area (Å²) >= 11 is 0. The molecule has 0 aliphatic rings. The first-order valence-electron chi connectivity index (χ1n) is 6.36. The van der Waals surface area contributed by atoms with Gasteiger partial charge in [-0.25, -0.2) is 9.97 Å². The Morgan fingerprint density at radius 2 is 1.72 bits per heavy atom. The van der Waals surface area contributed by atoms with Crippen molar-refractivity contribution in [2.24, 2.45) is 0 Å². The smallest absolute Gasteiger partial charge is 0.115 e. The number of aryl methyl sites for hydroxylation is 1. The summed E-state index contributed by atoms with van der Waals surface area (Å²) in [6.07, 6.45) is 7.59. The number of rotatable bonds is 5. The van der Waals surface area contributed by atoms with Gasteiger partial charge < -0.3 is 5.32 Å². The first kappa shape index (κ1) is 12.7. The van der Waals surface area contributed by atoms with E-state index in [4.69, 9.17) is 0 Å². The molecule has 3 nitrogen and oxygen atoms in total. The van der Waals surface area contributed by atoms with Gasteiger partial charge in [-0.2, -0.15) is 0 Å². The Kier molecular flexibility index (Phi) is 4.42. The summed E-state index contributed by atoms with van der Waals surface area (Å²) < 4.78 is 0. The molecule has 0 aliphatic heterocycles. The summed E-state index contributed by atoms with van der Waals surface area (Å²) in [6, 6.07) is 8.92. The van der Waals surface area contributed by atoms with E-state index in [0.717, 1.165) is 12.0 Å². The highest BCUT2D eigenvalue weighted by atomic mass is 14.9. The van der Waals surface area contributed by atoms with Gasteiger partial charge in [0.05, 0.1) is 6.04 Å². The number of nitrogens with zero attached hydrogens (tertiary/aromatic N) is 2. The van der Waals surface area contributed by atoms with Crippen molar-refractivity contribution in [2.45, 2.75) is 25.8 Å². The third-order valence-corrected chi connectivity index (χ3v) is 3.05. The van der Waals surface area contributed by atoms with Crippen molar-refractivity contribution in [2.75, 3.05) is 7.05 Å². The first-order valence-corrected chi connectivity index (χ1v) is 6.36. The molecule has 0 saturated heterocycles. The van der Waals surface area contributed by atoms with Gasteiger partial charge in [-0.1, -0.05) is 37.6 Å². The van der Waals surface area contributed by atoms with Gasteiger partial charge in [-0.15, -0.1) is 0 Å². The van der Waals surface area contributed by atoms with Gasteiger partial charge in [0.25, 0.3) is 0 Å². The zero-order chi connectivity index (χ0) is 12.8. The van der Waals surface area contributed by atoms with E-state index in [0.29, 0.717) is 0 Å². The second kappa shape index (κ2) is 6.26. The minimum Gasteiger partial charge on any atom is -0.309 e. The third-order valence-electron chi connectivity index (χ3n) is 3.05. The molecule has 3 heteroatoms. The lowest BCUT2D eigenvalue weighted by Gasteiger charge is -2.16. The maximum Gasteiger partial charge on any atom is 0.115 e. The molecule has 0 fully saturated rings. The summed E-state index contributed by atoms with van der Waals surface area (Å²) in [5, 5.41) is 3.31. The molecule has 2 aromatic rings. The van der Waals surface area contributed by atoms with Gasteiger partial charge in [-0.05, 0) is 24.6 Å². The van der Waals surface area contributed by atoms with E-state index in [2.05, 4.69) is 46.5 Å². The van der Waals surface area contributed by atoms with Crippen LogP contribution in [0.4, 0.5) is 0 Å². The van der Waals surface area contributed by atoms with Crippen LogP contribution in [0.1, 0.15) is 36.1 Å². The highest BCUT2D eigenvalue weighted by Gasteiger charge is 2.11. The Hall–Kier alpha value is -1.74. The van der Waals surface area contributed by atoms with Gasteiger partial charge in [-0.3, -0.25) is 0 Å². The zero-order valence-electron chi connectivity index (χ0n) is 10.9. The van der Waals surface area contributed by atoms with Crippen molar-refractivity contribution in [1.29, 1.82) is 0 Å². The lowest BCUT2D eigenvalue weighted by atomic mass is 9.99. The molecule has 1 atom stereocenters. The number of nitrogens with one attached hydrogen (secondary N) is 1. The number of aromatic nitrogens is 2. The molecule has 1 unspecified atom stereocenters. The van der Waals surface area contributed by atoms with Crippen LogP contribution in [-0.4, -0.2) is 17.0 Å². The van der Waals surface area contributed by atoms with E-state index in [-0.39, 0.29) is 6.04 Å². The molecular weight excluding hydrogens is 222 g/mol. The maximum absolute atomic E-state index is 4.07. The molecule has 0 amide bonds.